The number of nitrogens with zero attached hydrogens (tertiary/aromatic N) is 4. The summed E-state index contributed by atoms with van der Waals surface area (Å²) in [6.45, 7) is 9.73. The Bertz CT molecular complexity index is 3150. The lowest BCUT2D eigenvalue weighted by molar-refractivity contribution is -0.145. The van der Waals surface area contributed by atoms with E-state index in [1.54, 1.807) is 43.3 Å². The monoisotopic (exact) mass is 1050 g/mol. The maximum atomic E-state index is 15.1. The number of halogens is 2. The van der Waals surface area contributed by atoms with Crippen LogP contribution >= 0.6 is 34.5 Å². The minimum absolute atomic E-state index is 0.0421. The van der Waals surface area contributed by atoms with Crippen molar-refractivity contribution in [3.05, 3.63) is 151 Å². The topological polar surface area (TPSA) is 177 Å². The third kappa shape index (κ3) is 11.9. The molecule has 0 aliphatic carbocycles. The van der Waals surface area contributed by atoms with Crippen LogP contribution in [0.15, 0.2) is 108 Å². The van der Waals surface area contributed by atoms with Gasteiger partial charge in [-0.25, -0.2) is 18.2 Å². The van der Waals surface area contributed by atoms with Crippen LogP contribution in [0.4, 0.5) is 5.13 Å². The molecule has 0 bridgehead atoms. The molecule has 0 fully saturated rings. The number of amides is 2. The maximum Gasteiger partial charge on any atom is 0.328 e. The molecule has 8 rings (SSSR count). The summed E-state index contributed by atoms with van der Waals surface area (Å²) in [5, 5.41) is 12.9. The molecule has 5 aromatic carbocycles. The molecule has 1 N–H and O–H groups in total. The van der Waals surface area contributed by atoms with Gasteiger partial charge < -0.3 is 24.3 Å². The summed E-state index contributed by atoms with van der Waals surface area (Å²) in [5.41, 5.74) is 5.82. The summed E-state index contributed by atoms with van der Waals surface area (Å²) in [5.74, 6) is -0.276. The van der Waals surface area contributed by atoms with E-state index < -0.39 is 40.1 Å². The van der Waals surface area contributed by atoms with E-state index in [4.69, 9.17) is 42.1 Å². The summed E-state index contributed by atoms with van der Waals surface area (Å²) in [4.78, 5) is 47.5. The van der Waals surface area contributed by atoms with E-state index in [2.05, 4.69) is 37.1 Å². The van der Waals surface area contributed by atoms with Gasteiger partial charge in [-0.3, -0.25) is 14.5 Å². The lowest BCUT2D eigenvalue weighted by Crippen LogP contribution is -2.56. The van der Waals surface area contributed by atoms with Gasteiger partial charge in [0.25, 0.3) is 10.0 Å². The molecular formula is C54H53Cl2N5O9S2. The smallest absolute Gasteiger partial charge is 0.328 e. The fourth-order valence-corrected chi connectivity index (χ4v) is 11.7. The zero-order valence-corrected chi connectivity index (χ0v) is 43.7. The number of rotatable bonds is 15. The molecule has 3 heterocycles. The molecule has 72 heavy (non-hydrogen) atoms. The molecule has 0 radical (unpaired) electrons. The first-order valence-corrected chi connectivity index (χ1v) is 26.2. The van der Waals surface area contributed by atoms with Gasteiger partial charge in [-0.2, -0.15) is 9.57 Å². The number of esters is 1. The van der Waals surface area contributed by atoms with Crippen molar-refractivity contribution in [1.29, 1.82) is 5.26 Å². The number of sulfonamides is 1. The van der Waals surface area contributed by atoms with E-state index in [1.807, 2.05) is 66.7 Å². The Labute approximate surface area is 433 Å². The highest BCUT2D eigenvalue weighted by atomic mass is 35.5. The number of nitriles is 1. The number of hydrogen-bond donors (Lipinski definition) is 1. The van der Waals surface area contributed by atoms with Gasteiger partial charge in [0.15, 0.2) is 27.8 Å². The van der Waals surface area contributed by atoms with Crippen LogP contribution in [-0.2, 0) is 55.1 Å². The molecule has 0 saturated heterocycles. The molecule has 18 heteroatoms. The Morgan fingerprint density at radius 2 is 1.60 bits per heavy atom. The third-order valence-corrected chi connectivity index (χ3v) is 16.2. The van der Waals surface area contributed by atoms with E-state index in [0.29, 0.717) is 67.4 Å². The van der Waals surface area contributed by atoms with Crippen LogP contribution in [0.2, 0.25) is 10.0 Å². The van der Waals surface area contributed by atoms with Crippen LogP contribution in [0.3, 0.4) is 0 Å². The highest BCUT2D eigenvalue weighted by Gasteiger charge is 2.44. The van der Waals surface area contributed by atoms with E-state index >= 15 is 8.42 Å². The molecule has 1 aromatic heterocycles. The van der Waals surface area contributed by atoms with Gasteiger partial charge in [0, 0.05) is 31.3 Å². The summed E-state index contributed by atoms with van der Waals surface area (Å²) in [7, 11) is -3.35. The lowest BCUT2D eigenvalue weighted by atomic mass is 9.92. The van der Waals surface area contributed by atoms with Crippen molar-refractivity contribution in [3.63, 3.8) is 0 Å². The van der Waals surface area contributed by atoms with Crippen molar-refractivity contribution in [2.45, 2.75) is 90.2 Å². The van der Waals surface area contributed by atoms with Gasteiger partial charge >= 0.3 is 5.97 Å². The second-order valence-electron chi connectivity index (χ2n) is 18.9. The number of anilines is 1. The number of ether oxygens (including phenoxy) is 4. The minimum Gasteiger partial charge on any atom is -0.489 e. The Morgan fingerprint density at radius 1 is 0.931 bits per heavy atom. The molecule has 2 amide bonds. The normalized spacial score (nSPS) is 15.9. The molecule has 3 atom stereocenters. The summed E-state index contributed by atoms with van der Waals surface area (Å²) < 4.78 is 55.3. The summed E-state index contributed by atoms with van der Waals surface area (Å²) >= 11 is 13.3. The molecule has 0 saturated carbocycles. The molecule has 6 aromatic rings. The van der Waals surface area contributed by atoms with Crippen LogP contribution in [0, 0.1) is 23.7 Å². The van der Waals surface area contributed by atoms with E-state index in [0.717, 1.165) is 37.9 Å². The average molecular weight is 1050 g/mol. The highest BCUT2D eigenvalue weighted by molar-refractivity contribution is 7.89. The average Bonchev–Trinajstić information content (AvgIpc) is 3.76. The molecular weight excluding hydrogens is 998 g/mol. The Kier molecular flexibility index (Phi) is 15.6. The zero-order chi connectivity index (χ0) is 51.5. The molecule has 2 aliphatic rings. The van der Waals surface area contributed by atoms with Crippen molar-refractivity contribution in [3.8, 4) is 34.4 Å². The first-order chi connectivity index (χ1) is 34.3. The van der Waals surface area contributed by atoms with E-state index in [1.165, 1.54) is 18.9 Å². The first kappa shape index (κ1) is 51.9. The second-order valence-corrected chi connectivity index (χ2v) is 22.7. The number of carbonyl (C=O) groups is 3. The van der Waals surface area contributed by atoms with Gasteiger partial charge in [0.1, 0.15) is 31.0 Å². The number of aromatic nitrogens is 1. The fourth-order valence-electron chi connectivity index (χ4n) is 8.42. The molecule has 374 valence electrons. The van der Waals surface area contributed by atoms with Crippen LogP contribution in [-0.4, -0.2) is 67.8 Å². The lowest BCUT2D eigenvalue weighted by Gasteiger charge is -2.36. The van der Waals surface area contributed by atoms with Crippen molar-refractivity contribution < 1.29 is 41.7 Å². The standard InChI is InChI=1S/C54H53Cl2N5O9S2/c1-32-51(59-53(71-32)60(33(2)62)22-21-54(3,4)5)72(65,66)61-29-41-27-48-47(69-31-49(70-48)39-16-18-42(19-17-39)68-30-36-11-20-43(55)44(56)23-36)26-40(41)25-46(61)50(63)58-45(52(64)67-6)24-34-7-12-37(13-8-34)38-14-9-35(28-57)10-15-38/h7-20,23,26-27,45-46,49H,21-22,24-25,29-31H2,1-6H3,(H,58,63)/t45-,46-,49?/m0/s1. The summed E-state index contributed by atoms with van der Waals surface area (Å²) in [6.07, 6.45) is 0.0837. The maximum absolute atomic E-state index is 15.1. The summed E-state index contributed by atoms with van der Waals surface area (Å²) in [6, 6.07) is 30.4. The SMILES string of the molecule is COC(=O)[C@H](Cc1ccc(-c2ccc(C#N)cc2)cc1)NC(=O)[C@@H]1Cc2cc3c(cc2CN1S(=O)(=O)c1nc(N(CCC(C)(C)C)C(C)=O)sc1C)OC(c1ccc(OCc2ccc(Cl)c(Cl)c2)cc1)CO3. The highest BCUT2D eigenvalue weighted by Crippen LogP contribution is 2.43. The fraction of sp³-hybridized carbons (Fsp3) is 0.315. The van der Waals surface area contributed by atoms with Gasteiger partial charge in [-0.15, -0.1) is 11.3 Å². The number of fused-ring (bicyclic) bond motifs is 2. The number of thiazole rings is 1. The molecule has 14 nitrogen and oxygen atoms in total. The van der Waals surface area contributed by atoms with Crippen LogP contribution < -0.4 is 24.4 Å². The molecule has 1 unspecified atom stereocenters. The predicted molar refractivity (Wildman–Crippen MR) is 276 cm³/mol. The number of aryl methyl sites for hydroxylation is 1. The second kappa shape index (κ2) is 21.7. The predicted octanol–water partition coefficient (Wildman–Crippen LogP) is 10.2. The number of hydrogen-bond acceptors (Lipinski definition) is 12. The van der Waals surface area contributed by atoms with Crippen LogP contribution in [0.5, 0.6) is 17.2 Å². The van der Waals surface area contributed by atoms with Crippen molar-refractivity contribution >= 4 is 67.5 Å². The van der Waals surface area contributed by atoms with E-state index in [9.17, 15) is 19.6 Å². The minimum atomic E-state index is -4.57. The van der Waals surface area contributed by atoms with Gasteiger partial charge in [0.2, 0.25) is 11.8 Å². The number of carbonyl (C=O) groups excluding carboxylic acids is 3. The molecule has 0 spiro atoms. The van der Waals surface area contributed by atoms with Crippen LogP contribution in [0.25, 0.3) is 11.1 Å². The Hall–Kier alpha value is -6.48. The Morgan fingerprint density at radius 3 is 2.24 bits per heavy atom. The zero-order valence-electron chi connectivity index (χ0n) is 40.5. The van der Waals surface area contributed by atoms with Crippen molar-refractivity contribution in [2.75, 3.05) is 25.2 Å². The quantitative estimate of drug-likeness (QED) is 0.0968. The first-order valence-electron chi connectivity index (χ1n) is 23.2. The number of methoxy groups -OCH3 is 1. The van der Waals surface area contributed by atoms with Crippen molar-refractivity contribution in [1.82, 2.24) is 14.6 Å². The Balaban J connectivity index is 1.07. The van der Waals surface area contributed by atoms with Gasteiger partial charge in [-0.1, -0.05) is 98.6 Å². The number of benzene rings is 5. The third-order valence-electron chi connectivity index (χ3n) is 12.5. The van der Waals surface area contributed by atoms with Gasteiger partial charge in [0.05, 0.1) is 28.8 Å². The molecule has 2 aliphatic heterocycles. The number of nitrogens with one attached hydrogen (secondary N) is 1. The van der Waals surface area contributed by atoms with Gasteiger partial charge in [-0.05, 0) is 113 Å². The van der Waals surface area contributed by atoms with E-state index in [-0.39, 0.29) is 54.1 Å². The van der Waals surface area contributed by atoms with Crippen LogP contribution in [0.1, 0.15) is 78.5 Å². The largest absolute Gasteiger partial charge is 0.489 e. The van der Waals surface area contributed by atoms with Crippen molar-refractivity contribution in [2.24, 2.45) is 5.41 Å².